The maximum absolute atomic E-state index is 12.7. The molecular weight excluding hydrogens is 450 g/mol. The third kappa shape index (κ3) is 3.88. The zero-order valence-electron chi connectivity index (χ0n) is 15.9. The lowest BCUT2D eigenvalue weighted by Gasteiger charge is -2.26. The van der Waals surface area contributed by atoms with Crippen LogP contribution in [-0.2, 0) is 31.8 Å². The van der Waals surface area contributed by atoms with E-state index in [1.165, 1.54) is 45.3 Å². The van der Waals surface area contributed by atoms with Gasteiger partial charge in [-0.25, -0.2) is 16.8 Å². The smallest absolute Gasteiger partial charge is 0.307 e. The Labute approximate surface area is 177 Å². The van der Waals surface area contributed by atoms with Crippen LogP contribution in [0.25, 0.3) is 10.2 Å². The van der Waals surface area contributed by atoms with Crippen molar-refractivity contribution < 1.29 is 21.6 Å². The van der Waals surface area contributed by atoms with Crippen LogP contribution in [-0.4, -0.2) is 52.0 Å². The summed E-state index contributed by atoms with van der Waals surface area (Å²) in [4.78, 5) is 11.7. The van der Waals surface area contributed by atoms with Crippen molar-refractivity contribution in [2.24, 2.45) is 7.05 Å². The van der Waals surface area contributed by atoms with Crippen LogP contribution in [0.3, 0.4) is 0 Å². The van der Waals surface area contributed by atoms with Crippen LogP contribution in [0.4, 0.5) is 5.69 Å². The summed E-state index contributed by atoms with van der Waals surface area (Å²) in [5.74, 6) is 0. The van der Waals surface area contributed by atoms with E-state index in [0.29, 0.717) is 23.4 Å². The quantitative estimate of drug-likeness (QED) is 0.604. The van der Waals surface area contributed by atoms with Crippen molar-refractivity contribution in [1.29, 1.82) is 0 Å². The largest absolute Gasteiger partial charge is 0.379 e. The van der Waals surface area contributed by atoms with Crippen LogP contribution in [0.2, 0.25) is 0 Å². The van der Waals surface area contributed by atoms with Gasteiger partial charge in [0.1, 0.15) is 0 Å². The van der Waals surface area contributed by atoms with Gasteiger partial charge in [0.05, 0.1) is 33.2 Å². The summed E-state index contributed by atoms with van der Waals surface area (Å²) < 4.78 is 61.8. The fourth-order valence-electron chi connectivity index (χ4n) is 3.13. The van der Waals surface area contributed by atoms with Gasteiger partial charge in [0, 0.05) is 25.8 Å². The Morgan fingerprint density at radius 1 is 0.967 bits per heavy atom. The Morgan fingerprint density at radius 2 is 1.60 bits per heavy atom. The third-order valence-corrected chi connectivity index (χ3v) is 9.08. The molecule has 1 aromatic heterocycles. The van der Waals surface area contributed by atoms with Gasteiger partial charge in [-0.3, -0.25) is 9.52 Å². The normalized spacial score (nSPS) is 16.0. The molecule has 3 aromatic rings. The summed E-state index contributed by atoms with van der Waals surface area (Å²) in [6.45, 7) is 1.25. The molecular formula is C18H19N3O6S3. The highest BCUT2D eigenvalue weighted by Crippen LogP contribution is 2.24. The first-order chi connectivity index (χ1) is 14.2. The molecule has 0 radical (unpaired) electrons. The summed E-state index contributed by atoms with van der Waals surface area (Å²) in [6.07, 6.45) is 0. The number of nitrogens with one attached hydrogen (secondary N) is 1. The van der Waals surface area contributed by atoms with E-state index >= 15 is 0 Å². The minimum absolute atomic E-state index is 0.0156. The fraction of sp³-hybridized carbons (Fsp3) is 0.278. The standard InChI is InChI=1S/C18H19N3O6S3/c1-20-16-7-6-15(12-17(16)28-18(20)22)29(23,24)19-13-2-4-14(5-3-13)30(25,26)21-8-10-27-11-9-21/h2-7,12,19H,8-11H2,1H3. The minimum Gasteiger partial charge on any atom is -0.379 e. The number of morpholine rings is 1. The summed E-state index contributed by atoms with van der Waals surface area (Å²) in [5.41, 5.74) is 0.888. The molecule has 9 nitrogen and oxygen atoms in total. The summed E-state index contributed by atoms with van der Waals surface area (Å²) in [5, 5.41) is 0. The zero-order chi connectivity index (χ0) is 21.5. The highest BCUT2D eigenvalue weighted by atomic mass is 32.2. The molecule has 1 aliphatic rings. The fourth-order valence-corrected chi connectivity index (χ4v) is 6.61. The van der Waals surface area contributed by atoms with Gasteiger partial charge in [-0.15, -0.1) is 0 Å². The van der Waals surface area contributed by atoms with Crippen molar-refractivity contribution in [2.75, 3.05) is 31.0 Å². The monoisotopic (exact) mass is 469 g/mol. The lowest BCUT2D eigenvalue weighted by Crippen LogP contribution is -2.40. The van der Waals surface area contributed by atoms with Crippen LogP contribution in [0.15, 0.2) is 57.1 Å². The number of rotatable bonds is 5. The van der Waals surface area contributed by atoms with E-state index in [1.807, 2.05) is 0 Å². The number of hydrogen-bond acceptors (Lipinski definition) is 7. The Morgan fingerprint density at radius 3 is 2.27 bits per heavy atom. The van der Waals surface area contributed by atoms with E-state index in [-0.39, 0.29) is 33.4 Å². The first-order valence-electron chi connectivity index (χ1n) is 8.99. The van der Waals surface area contributed by atoms with Gasteiger partial charge >= 0.3 is 4.87 Å². The second kappa shape index (κ2) is 7.78. The Kier molecular flexibility index (Phi) is 5.45. The average molecular weight is 470 g/mol. The van der Waals surface area contributed by atoms with Crippen LogP contribution in [0, 0.1) is 0 Å². The van der Waals surface area contributed by atoms with E-state index in [1.54, 1.807) is 13.1 Å². The van der Waals surface area contributed by atoms with E-state index in [9.17, 15) is 21.6 Å². The molecule has 0 amide bonds. The lowest BCUT2D eigenvalue weighted by atomic mass is 10.3. The highest BCUT2D eigenvalue weighted by molar-refractivity contribution is 7.92. The average Bonchev–Trinajstić information content (AvgIpc) is 3.02. The minimum atomic E-state index is -3.91. The number of benzene rings is 2. The number of nitrogens with zero attached hydrogens (tertiary/aromatic N) is 2. The molecule has 0 spiro atoms. The summed E-state index contributed by atoms with van der Waals surface area (Å²) in [6, 6.07) is 10.0. The highest BCUT2D eigenvalue weighted by Gasteiger charge is 2.26. The first-order valence-corrected chi connectivity index (χ1v) is 12.7. The second-order valence-electron chi connectivity index (χ2n) is 6.70. The lowest BCUT2D eigenvalue weighted by molar-refractivity contribution is 0.0730. The van der Waals surface area contributed by atoms with E-state index in [2.05, 4.69) is 4.72 Å². The van der Waals surface area contributed by atoms with Crippen molar-refractivity contribution in [3.8, 4) is 0 Å². The Hall–Kier alpha value is -2.25. The van der Waals surface area contributed by atoms with E-state index in [4.69, 9.17) is 4.74 Å². The predicted octanol–water partition coefficient (Wildman–Crippen LogP) is 1.42. The Bertz CT molecular complexity index is 1350. The van der Waals surface area contributed by atoms with Crippen LogP contribution in [0.1, 0.15) is 0 Å². The number of ether oxygens (including phenoxy) is 1. The zero-order valence-corrected chi connectivity index (χ0v) is 18.4. The SMILES string of the molecule is Cn1c(=O)sc2cc(S(=O)(=O)Nc3ccc(S(=O)(=O)N4CCOCC4)cc3)ccc21. The topological polar surface area (TPSA) is 115 Å². The molecule has 0 aliphatic carbocycles. The Balaban J connectivity index is 1.57. The summed E-state index contributed by atoms with van der Waals surface area (Å²) in [7, 11) is -5.94. The van der Waals surface area contributed by atoms with Crippen LogP contribution < -0.4 is 9.60 Å². The van der Waals surface area contributed by atoms with Gasteiger partial charge in [0.25, 0.3) is 10.0 Å². The van der Waals surface area contributed by atoms with Gasteiger partial charge in [0.2, 0.25) is 10.0 Å². The second-order valence-corrected chi connectivity index (χ2v) is 11.3. The van der Waals surface area contributed by atoms with Gasteiger partial charge in [-0.2, -0.15) is 4.31 Å². The molecule has 12 heteroatoms. The number of hydrogen-bond donors (Lipinski definition) is 1. The van der Waals surface area contributed by atoms with Gasteiger partial charge < -0.3 is 9.30 Å². The van der Waals surface area contributed by atoms with Crippen LogP contribution in [0.5, 0.6) is 0 Å². The van der Waals surface area contributed by atoms with Gasteiger partial charge in [-0.1, -0.05) is 11.3 Å². The molecule has 0 unspecified atom stereocenters. The molecule has 2 aromatic carbocycles. The van der Waals surface area contributed by atoms with E-state index in [0.717, 1.165) is 11.3 Å². The van der Waals surface area contributed by atoms with Crippen molar-refractivity contribution in [3.63, 3.8) is 0 Å². The number of aromatic nitrogens is 1. The maximum Gasteiger partial charge on any atom is 0.307 e. The number of aryl methyl sites for hydroxylation is 1. The summed E-state index contributed by atoms with van der Waals surface area (Å²) >= 11 is 0.968. The predicted molar refractivity (Wildman–Crippen MR) is 114 cm³/mol. The maximum atomic E-state index is 12.7. The number of fused-ring (bicyclic) bond motifs is 1. The van der Waals surface area contributed by atoms with Crippen molar-refractivity contribution in [3.05, 3.63) is 52.1 Å². The molecule has 1 saturated heterocycles. The van der Waals surface area contributed by atoms with Crippen molar-refractivity contribution >= 4 is 47.3 Å². The molecule has 2 heterocycles. The van der Waals surface area contributed by atoms with Gasteiger partial charge in [0.15, 0.2) is 0 Å². The number of thiazole rings is 1. The molecule has 0 bridgehead atoms. The molecule has 160 valence electrons. The van der Waals surface area contributed by atoms with Crippen molar-refractivity contribution in [2.45, 2.75) is 9.79 Å². The number of anilines is 1. The van der Waals surface area contributed by atoms with Crippen molar-refractivity contribution in [1.82, 2.24) is 8.87 Å². The molecule has 1 N–H and O–H groups in total. The van der Waals surface area contributed by atoms with E-state index < -0.39 is 20.0 Å². The number of sulfonamides is 2. The third-order valence-electron chi connectivity index (χ3n) is 4.79. The molecule has 30 heavy (non-hydrogen) atoms. The first kappa shape index (κ1) is 21.0. The molecule has 0 atom stereocenters. The molecule has 1 aliphatic heterocycles. The molecule has 4 rings (SSSR count). The van der Waals surface area contributed by atoms with Gasteiger partial charge in [-0.05, 0) is 42.5 Å². The molecule has 1 fully saturated rings. The molecule has 0 saturated carbocycles. The van der Waals surface area contributed by atoms with Crippen LogP contribution >= 0.6 is 11.3 Å².